The van der Waals surface area contributed by atoms with Crippen molar-refractivity contribution in [1.82, 2.24) is 15.2 Å². The van der Waals surface area contributed by atoms with Crippen LogP contribution in [0.4, 0.5) is 4.39 Å². The highest BCUT2D eigenvalue weighted by atomic mass is 127. The summed E-state index contributed by atoms with van der Waals surface area (Å²) in [5.74, 6) is -0.249. The zero-order valence-corrected chi connectivity index (χ0v) is 17.1. The van der Waals surface area contributed by atoms with E-state index in [0.717, 1.165) is 23.2 Å². The molecule has 0 aliphatic rings. The monoisotopic (exact) mass is 464 g/mol. The lowest BCUT2D eigenvalue weighted by molar-refractivity contribution is 0.431. The van der Waals surface area contributed by atoms with Crippen LogP contribution in [-0.2, 0) is 13.1 Å². The highest BCUT2D eigenvalue weighted by Gasteiger charge is 2.09. The number of benzene rings is 1. The van der Waals surface area contributed by atoms with Crippen molar-refractivity contribution >= 4 is 41.3 Å². The number of hydrogen-bond donors (Lipinski definition) is 2. The molecule has 8 heteroatoms. The molecule has 0 radical (unpaired) electrons. The summed E-state index contributed by atoms with van der Waals surface area (Å²) in [4.78, 5) is 10.9. The molecule has 0 bridgehead atoms. The molecule has 0 spiro atoms. The lowest BCUT2D eigenvalue weighted by Gasteiger charge is -2.21. The predicted molar refractivity (Wildman–Crippen MR) is 107 cm³/mol. The molecule has 0 saturated heterocycles. The van der Waals surface area contributed by atoms with Gasteiger partial charge < -0.3 is 15.3 Å². The smallest absolute Gasteiger partial charge is 0.194 e. The highest BCUT2D eigenvalue weighted by Crippen LogP contribution is 2.17. The number of aromatic hydroxyl groups is 1. The minimum absolute atomic E-state index is 0. The van der Waals surface area contributed by atoms with Gasteiger partial charge in [0.15, 0.2) is 17.5 Å². The Balaban J connectivity index is 0.00000288. The topological polar surface area (TPSA) is 60.8 Å². The average molecular weight is 464 g/mol. The lowest BCUT2D eigenvalue weighted by atomic mass is 10.2. The molecule has 2 aromatic rings. The molecule has 2 N–H and O–H groups in total. The predicted octanol–water partition coefficient (Wildman–Crippen LogP) is 3.51. The fourth-order valence-corrected chi connectivity index (χ4v) is 2.69. The molecule has 0 amide bonds. The zero-order valence-electron chi connectivity index (χ0n) is 13.9. The van der Waals surface area contributed by atoms with Crippen molar-refractivity contribution in [2.45, 2.75) is 26.9 Å². The van der Waals surface area contributed by atoms with Crippen LogP contribution in [-0.4, -0.2) is 34.5 Å². The van der Waals surface area contributed by atoms with E-state index in [-0.39, 0.29) is 29.7 Å². The number of phenolic OH excluding ortho intramolecular Hbond substituents is 1. The number of aromatic nitrogens is 1. The Morgan fingerprint density at radius 3 is 2.79 bits per heavy atom. The van der Waals surface area contributed by atoms with Crippen LogP contribution in [0.15, 0.2) is 28.6 Å². The van der Waals surface area contributed by atoms with E-state index >= 15 is 0 Å². The van der Waals surface area contributed by atoms with Crippen molar-refractivity contribution in [3.63, 3.8) is 0 Å². The van der Waals surface area contributed by atoms with Crippen LogP contribution in [0.2, 0.25) is 0 Å². The Morgan fingerprint density at radius 1 is 1.46 bits per heavy atom. The van der Waals surface area contributed by atoms with Gasteiger partial charge in [-0.3, -0.25) is 0 Å². The van der Waals surface area contributed by atoms with Crippen LogP contribution >= 0.6 is 35.3 Å². The number of nitrogens with one attached hydrogen (secondary N) is 1. The molecule has 0 fully saturated rings. The van der Waals surface area contributed by atoms with Crippen molar-refractivity contribution in [3.05, 3.63) is 45.7 Å². The first kappa shape index (κ1) is 20.6. The van der Waals surface area contributed by atoms with E-state index in [1.807, 2.05) is 31.2 Å². The van der Waals surface area contributed by atoms with E-state index in [2.05, 4.69) is 15.3 Å². The molecule has 0 unspecified atom stereocenters. The molecule has 1 heterocycles. The fraction of sp³-hybridized carbons (Fsp3) is 0.375. The molecule has 2 rings (SSSR count). The van der Waals surface area contributed by atoms with Gasteiger partial charge in [0, 0.05) is 19.0 Å². The van der Waals surface area contributed by atoms with Crippen molar-refractivity contribution in [2.24, 2.45) is 4.99 Å². The zero-order chi connectivity index (χ0) is 16.8. The van der Waals surface area contributed by atoms with Crippen molar-refractivity contribution in [2.75, 3.05) is 13.6 Å². The number of thiazole rings is 1. The van der Waals surface area contributed by atoms with Crippen LogP contribution in [0, 0.1) is 12.7 Å². The normalized spacial score (nSPS) is 11.1. The maximum Gasteiger partial charge on any atom is 0.194 e. The number of halogens is 2. The summed E-state index contributed by atoms with van der Waals surface area (Å²) < 4.78 is 13.4. The molecule has 24 heavy (non-hydrogen) atoms. The molecular formula is C16H22FIN4OS. The quantitative estimate of drug-likeness (QED) is 0.404. The maximum atomic E-state index is 13.4. The molecular weight excluding hydrogens is 442 g/mol. The Morgan fingerprint density at radius 2 is 2.21 bits per heavy atom. The lowest BCUT2D eigenvalue weighted by Crippen LogP contribution is -2.38. The van der Waals surface area contributed by atoms with Crippen LogP contribution in [0.5, 0.6) is 5.75 Å². The number of hydrogen-bond acceptors (Lipinski definition) is 4. The number of phenols is 1. The molecule has 132 valence electrons. The second kappa shape index (κ2) is 9.77. The number of rotatable bonds is 5. The Bertz CT molecular complexity index is 692. The minimum atomic E-state index is -0.631. The van der Waals surface area contributed by atoms with Gasteiger partial charge in [-0.2, -0.15) is 0 Å². The van der Waals surface area contributed by atoms with E-state index in [1.54, 1.807) is 17.4 Å². The van der Waals surface area contributed by atoms with Crippen molar-refractivity contribution in [1.29, 1.82) is 0 Å². The van der Waals surface area contributed by atoms with Crippen LogP contribution in [0.1, 0.15) is 23.2 Å². The summed E-state index contributed by atoms with van der Waals surface area (Å²) in [6.45, 7) is 5.70. The third kappa shape index (κ3) is 5.90. The van der Waals surface area contributed by atoms with E-state index in [1.165, 1.54) is 12.1 Å². The van der Waals surface area contributed by atoms with Gasteiger partial charge in [0.1, 0.15) is 0 Å². The molecule has 0 aliphatic heterocycles. The molecule has 1 aromatic carbocycles. The molecule has 0 saturated carbocycles. The molecule has 0 aliphatic carbocycles. The fourth-order valence-electron chi connectivity index (χ4n) is 2.08. The van der Waals surface area contributed by atoms with Gasteiger partial charge in [-0.05, 0) is 31.5 Å². The highest BCUT2D eigenvalue weighted by molar-refractivity contribution is 14.0. The van der Waals surface area contributed by atoms with E-state index in [9.17, 15) is 9.50 Å². The van der Waals surface area contributed by atoms with E-state index < -0.39 is 5.82 Å². The van der Waals surface area contributed by atoms with Gasteiger partial charge >= 0.3 is 0 Å². The first-order valence-electron chi connectivity index (χ1n) is 7.37. The number of aryl methyl sites for hydroxylation is 1. The molecule has 1 aromatic heterocycles. The first-order valence-corrected chi connectivity index (χ1v) is 8.25. The Kier molecular flexibility index (Phi) is 8.40. The SMILES string of the molecule is CCNC(=NCc1ccc(O)c(F)c1)N(C)Cc1csc(C)n1.I. The third-order valence-electron chi connectivity index (χ3n) is 3.19. The summed E-state index contributed by atoms with van der Waals surface area (Å²) in [6, 6.07) is 4.30. The second-order valence-electron chi connectivity index (χ2n) is 5.17. The average Bonchev–Trinajstić information content (AvgIpc) is 2.92. The van der Waals surface area contributed by atoms with E-state index in [0.29, 0.717) is 18.7 Å². The van der Waals surface area contributed by atoms with Crippen molar-refractivity contribution < 1.29 is 9.50 Å². The largest absolute Gasteiger partial charge is 0.505 e. The van der Waals surface area contributed by atoms with Gasteiger partial charge in [0.05, 0.1) is 23.8 Å². The van der Waals surface area contributed by atoms with Gasteiger partial charge in [0.25, 0.3) is 0 Å². The van der Waals surface area contributed by atoms with Gasteiger partial charge in [-0.25, -0.2) is 14.4 Å². The summed E-state index contributed by atoms with van der Waals surface area (Å²) in [5, 5.41) is 15.5. The van der Waals surface area contributed by atoms with Crippen molar-refractivity contribution in [3.8, 4) is 5.75 Å². The summed E-state index contributed by atoms with van der Waals surface area (Å²) in [5.41, 5.74) is 1.70. The summed E-state index contributed by atoms with van der Waals surface area (Å²) >= 11 is 1.62. The first-order chi connectivity index (χ1) is 11.0. The van der Waals surface area contributed by atoms with Crippen LogP contribution in [0.3, 0.4) is 0 Å². The number of aliphatic imine (C=N–C) groups is 1. The van der Waals surface area contributed by atoms with E-state index in [4.69, 9.17) is 0 Å². The van der Waals surface area contributed by atoms with Crippen LogP contribution < -0.4 is 5.32 Å². The minimum Gasteiger partial charge on any atom is -0.505 e. The summed E-state index contributed by atoms with van der Waals surface area (Å²) in [7, 11) is 1.94. The third-order valence-corrected chi connectivity index (χ3v) is 4.01. The molecule has 5 nitrogen and oxygen atoms in total. The van der Waals surface area contributed by atoms with Gasteiger partial charge in [0.2, 0.25) is 0 Å². The number of nitrogens with zero attached hydrogens (tertiary/aromatic N) is 3. The van der Waals surface area contributed by atoms with Gasteiger partial charge in [-0.15, -0.1) is 35.3 Å². The standard InChI is InChI=1S/C16H21FN4OS.HI/c1-4-18-16(21(3)9-13-10-23-11(2)20-13)19-8-12-5-6-15(22)14(17)7-12;/h5-7,10,22H,4,8-9H2,1-3H3,(H,18,19);1H. The second-order valence-corrected chi connectivity index (χ2v) is 6.23. The molecule has 0 atom stereocenters. The van der Waals surface area contributed by atoms with Crippen LogP contribution in [0.25, 0.3) is 0 Å². The maximum absolute atomic E-state index is 13.4. The summed E-state index contributed by atoms with van der Waals surface area (Å²) in [6.07, 6.45) is 0. The Labute approximate surface area is 162 Å². The Hall–Kier alpha value is -1.42. The van der Waals surface area contributed by atoms with Gasteiger partial charge in [-0.1, -0.05) is 6.07 Å². The number of guanidine groups is 1.